The molecule has 1 aliphatic carbocycles. The first-order valence-electron chi connectivity index (χ1n) is 12.4. The number of methoxy groups -OCH3 is 3. The third-order valence-electron chi connectivity index (χ3n) is 6.26. The van der Waals surface area contributed by atoms with Crippen molar-refractivity contribution in [2.24, 2.45) is 4.99 Å². The Labute approximate surface area is 221 Å². The standard InChI is InChI=1S/C30H31N5O3/c1-20-11-13-22(14-12-20)35-28-10-6-5-8-23(28)33-27-16-25(34-24-9-7-15-31-30(24)38-4)26(17-29(27)35)32-21(18-36-2)19-37-3/h5-17,21,34H,18-19H2,1-4H3. The number of aryl methyl sites for hydroxylation is 1. The van der Waals surface area contributed by atoms with Crippen LogP contribution in [0, 0.1) is 6.92 Å². The number of nitrogens with zero attached hydrogens (tertiary/aromatic N) is 4. The maximum Gasteiger partial charge on any atom is 0.237 e. The van der Waals surface area contributed by atoms with Crippen LogP contribution in [-0.4, -0.2) is 55.1 Å². The highest BCUT2D eigenvalue weighted by atomic mass is 16.5. The molecule has 8 heteroatoms. The first-order valence-corrected chi connectivity index (χ1v) is 12.4. The number of hydrogen-bond donors (Lipinski definition) is 1. The molecule has 2 aromatic carbocycles. The summed E-state index contributed by atoms with van der Waals surface area (Å²) in [5.74, 6) is 0.491. The van der Waals surface area contributed by atoms with E-state index in [1.165, 1.54) is 5.56 Å². The molecule has 1 aliphatic heterocycles. The van der Waals surface area contributed by atoms with E-state index in [1.807, 2.05) is 36.4 Å². The Kier molecular flexibility index (Phi) is 7.62. The van der Waals surface area contributed by atoms with Crippen molar-refractivity contribution in [1.29, 1.82) is 0 Å². The molecular formula is C30H31N5O3. The molecule has 0 spiro atoms. The minimum Gasteiger partial charge on any atom is -0.480 e. The van der Waals surface area contributed by atoms with Gasteiger partial charge in [0, 0.05) is 26.1 Å². The fourth-order valence-electron chi connectivity index (χ4n) is 4.52. The van der Waals surface area contributed by atoms with E-state index in [-0.39, 0.29) is 6.04 Å². The van der Waals surface area contributed by atoms with E-state index >= 15 is 0 Å². The molecule has 1 N–H and O–H groups in total. The van der Waals surface area contributed by atoms with Gasteiger partial charge in [0.1, 0.15) is 5.69 Å². The number of fused-ring (bicyclic) bond motifs is 2. The van der Waals surface area contributed by atoms with Crippen LogP contribution in [0.1, 0.15) is 5.56 Å². The number of para-hydroxylation sites is 2. The van der Waals surface area contributed by atoms with Crippen LogP contribution in [0.25, 0.3) is 28.1 Å². The molecule has 0 unspecified atom stereocenters. The Morgan fingerprint density at radius 2 is 1.66 bits per heavy atom. The summed E-state index contributed by atoms with van der Waals surface area (Å²) in [6, 6.07) is 24.3. The summed E-state index contributed by atoms with van der Waals surface area (Å²) in [5, 5.41) is 4.23. The van der Waals surface area contributed by atoms with E-state index in [9.17, 15) is 0 Å². The van der Waals surface area contributed by atoms with Gasteiger partial charge in [-0.2, -0.15) is 0 Å². The SMILES string of the molecule is COCC(COC)N=c1cc2n(-c3ccc(C)cc3)c3ccccc3nc-2cc1Nc1cccnc1OC. The predicted molar refractivity (Wildman–Crippen MR) is 150 cm³/mol. The maximum atomic E-state index is 5.48. The van der Waals surface area contributed by atoms with Gasteiger partial charge >= 0.3 is 0 Å². The number of aromatic nitrogens is 3. The van der Waals surface area contributed by atoms with Gasteiger partial charge in [0.25, 0.3) is 0 Å². The number of nitrogens with one attached hydrogen (secondary N) is 1. The second-order valence-electron chi connectivity index (χ2n) is 9.01. The summed E-state index contributed by atoms with van der Waals surface area (Å²) in [7, 11) is 4.93. The largest absolute Gasteiger partial charge is 0.480 e. The molecule has 0 saturated carbocycles. The van der Waals surface area contributed by atoms with Crippen molar-refractivity contribution in [3.63, 3.8) is 0 Å². The highest BCUT2D eigenvalue weighted by molar-refractivity contribution is 5.84. The Balaban J connectivity index is 1.81. The predicted octanol–water partition coefficient (Wildman–Crippen LogP) is 5.15. The summed E-state index contributed by atoms with van der Waals surface area (Å²) in [6.07, 6.45) is 1.70. The summed E-state index contributed by atoms with van der Waals surface area (Å²) in [6.45, 7) is 2.94. The van der Waals surface area contributed by atoms with Gasteiger partial charge < -0.3 is 24.1 Å². The summed E-state index contributed by atoms with van der Waals surface area (Å²) < 4.78 is 18.6. The molecular weight excluding hydrogens is 478 g/mol. The van der Waals surface area contributed by atoms with Gasteiger partial charge in [0.15, 0.2) is 0 Å². The van der Waals surface area contributed by atoms with Crippen LogP contribution in [0.5, 0.6) is 5.88 Å². The molecule has 0 amide bonds. The van der Waals surface area contributed by atoms with E-state index in [2.05, 4.69) is 58.2 Å². The molecule has 1 aromatic heterocycles. The first-order chi connectivity index (χ1) is 18.6. The zero-order valence-electron chi connectivity index (χ0n) is 22.0. The van der Waals surface area contributed by atoms with Gasteiger partial charge in [0.05, 0.1) is 59.8 Å². The lowest BCUT2D eigenvalue weighted by Gasteiger charge is -2.21. The second-order valence-corrected chi connectivity index (χ2v) is 9.01. The zero-order chi connectivity index (χ0) is 26.5. The van der Waals surface area contributed by atoms with Crippen molar-refractivity contribution < 1.29 is 14.2 Å². The van der Waals surface area contributed by atoms with Crippen molar-refractivity contribution in [3.05, 3.63) is 89.9 Å². The quantitative estimate of drug-likeness (QED) is 0.277. The molecule has 38 heavy (non-hydrogen) atoms. The van der Waals surface area contributed by atoms with E-state index in [0.29, 0.717) is 19.1 Å². The molecule has 0 radical (unpaired) electrons. The Morgan fingerprint density at radius 1 is 0.895 bits per heavy atom. The molecule has 0 saturated heterocycles. The lowest BCUT2D eigenvalue weighted by Crippen LogP contribution is -2.24. The first kappa shape index (κ1) is 25.4. The molecule has 2 aliphatic rings. The molecule has 2 heterocycles. The van der Waals surface area contributed by atoms with Crippen molar-refractivity contribution in [2.75, 3.05) is 39.9 Å². The molecule has 0 bridgehead atoms. The van der Waals surface area contributed by atoms with Crippen LogP contribution < -0.4 is 15.4 Å². The smallest absolute Gasteiger partial charge is 0.237 e. The van der Waals surface area contributed by atoms with Crippen LogP contribution >= 0.6 is 0 Å². The maximum absolute atomic E-state index is 5.48. The van der Waals surface area contributed by atoms with Gasteiger partial charge in [0.2, 0.25) is 5.88 Å². The Bertz CT molecular complexity index is 1570. The van der Waals surface area contributed by atoms with Crippen LogP contribution in [0.4, 0.5) is 11.4 Å². The normalized spacial score (nSPS) is 12.0. The minimum absolute atomic E-state index is 0.194. The second kappa shape index (κ2) is 11.4. The topological polar surface area (TPSA) is 82.8 Å². The van der Waals surface area contributed by atoms with Crippen LogP contribution in [0.3, 0.4) is 0 Å². The number of ether oxygens (including phenoxy) is 3. The lowest BCUT2D eigenvalue weighted by atomic mass is 10.1. The van der Waals surface area contributed by atoms with Crippen LogP contribution in [0.2, 0.25) is 0 Å². The van der Waals surface area contributed by atoms with Crippen LogP contribution in [0.15, 0.2) is 84.0 Å². The Hall–Kier alpha value is -4.27. The van der Waals surface area contributed by atoms with Gasteiger partial charge in [-0.25, -0.2) is 9.97 Å². The average Bonchev–Trinajstić information content (AvgIpc) is 2.93. The zero-order valence-corrected chi connectivity index (χ0v) is 22.0. The molecule has 0 atom stereocenters. The summed E-state index contributed by atoms with van der Waals surface area (Å²) in [5.41, 5.74) is 7.41. The molecule has 194 valence electrons. The highest BCUT2D eigenvalue weighted by Crippen LogP contribution is 2.31. The highest BCUT2D eigenvalue weighted by Gasteiger charge is 2.18. The lowest BCUT2D eigenvalue weighted by molar-refractivity contribution is 0.118. The van der Waals surface area contributed by atoms with E-state index < -0.39 is 0 Å². The number of benzene rings is 3. The van der Waals surface area contributed by atoms with Gasteiger partial charge in [-0.1, -0.05) is 29.8 Å². The number of hydrogen-bond acceptors (Lipinski definition) is 7. The van der Waals surface area contributed by atoms with Gasteiger partial charge in [-0.15, -0.1) is 0 Å². The third-order valence-corrected chi connectivity index (χ3v) is 6.26. The minimum atomic E-state index is -0.194. The number of rotatable bonds is 9. The fraction of sp³-hybridized carbons (Fsp3) is 0.233. The van der Waals surface area contributed by atoms with Crippen molar-refractivity contribution in [1.82, 2.24) is 14.5 Å². The third kappa shape index (κ3) is 5.22. The molecule has 5 rings (SSSR count). The number of pyridine rings is 1. The van der Waals surface area contributed by atoms with Crippen molar-refractivity contribution in [3.8, 4) is 23.0 Å². The fourth-order valence-corrected chi connectivity index (χ4v) is 4.52. The van der Waals surface area contributed by atoms with Gasteiger partial charge in [-0.3, -0.25) is 4.99 Å². The molecule has 0 fully saturated rings. The molecule has 8 nitrogen and oxygen atoms in total. The monoisotopic (exact) mass is 509 g/mol. The van der Waals surface area contributed by atoms with E-state index in [4.69, 9.17) is 24.2 Å². The molecule has 3 aromatic rings. The summed E-state index contributed by atoms with van der Waals surface area (Å²) >= 11 is 0. The van der Waals surface area contributed by atoms with E-state index in [1.54, 1.807) is 27.5 Å². The van der Waals surface area contributed by atoms with Gasteiger partial charge in [-0.05, 0) is 55.5 Å². The van der Waals surface area contributed by atoms with Crippen LogP contribution in [-0.2, 0) is 9.47 Å². The van der Waals surface area contributed by atoms with Crippen molar-refractivity contribution >= 4 is 22.4 Å². The van der Waals surface area contributed by atoms with Crippen molar-refractivity contribution in [2.45, 2.75) is 13.0 Å². The van der Waals surface area contributed by atoms with E-state index in [0.717, 1.165) is 44.8 Å². The summed E-state index contributed by atoms with van der Waals surface area (Å²) in [4.78, 5) is 14.4. The Morgan fingerprint density at radius 3 is 2.39 bits per heavy atom. The average molecular weight is 510 g/mol. The number of anilines is 2.